The molecule has 0 aromatic heterocycles. The van der Waals surface area contributed by atoms with E-state index in [2.05, 4.69) is 0 Å². The third kappa shape index (κ3) is 3.18. The number of benzene rings is 1. The number of hydrogen-bond acceptors (Lipinski definition) is 1. The van der Waals surface area contributed by atoms with Crippen molar-refractivity contribution in [2.45, 2.75) is 6.92 Å². The van der Waals surface area contributed by atoms with Crippen LogP contribution >= 0.6 is 0 Å². The molecule has 0 spiro atoms. The van der Waals surface area contributed by atoms with Gasteiger partial charge in [-0.15, -0.1) is 0 Å². The minimum Gasteiger partial charge on any atom is -0.299 e. The summed E-state index contributed by atoms with van der Waals surface area (Å²) in [5, 5.41) is 0. The summed E-state index contributed by atoms with van der Waals surface area (Å²) >= 11 is 0. The minimum atomic E-state index is 0. The van der Waals surface area contributed by atoms with Gasteiger partial charge in [-0.1, -0.05) is 42.5 Å². The van der Waals surface area contributed by atoms with E-state index in [1.165, 1.54) is 11.6 Å². The van der Waals surface area contributed by atoms with Crippen LogP contribution in [-0.2, 0) is 4.79 Å². The summed E-state index contributed by atoms with van der Waals surface area (Å²) in [7, 11) is 0. The van der Waals surface area contributed by atoms with E-state index in [0.717, 1.165) is 11.9 Å². The predicted molar refractivity (Wildman–Crippen MR) is 55.3 cm³/mol. The van der Waals surface area contributed by atoms with E-state index in [1.807, 2.05) is 43.3 Å². The van der Waals surface area contributed by atoms with Crippen LogP contribution in [0, 0.1) is 0 Å². The molecule has 0 amide bonds. The second kappa shape index (κ2) is 5.95. The van der Waals surface area contributed by atoms with Crippen molar-refractivity contribution in [3.05, 3.63) is 54.1 Å². The quantitative estimate of drug-likeness (QED) is 0.402. The predicted octanol–water partition coefficient (Wildman–Crippen LogP) is 2.85. The Bertz CT molecular complexity index is 325. The minimum absolute atomic E-state index is 0. The summed E-state index contributed by atoms with van der Waals surface area (Å²) < 4.78 is 0. The molecule has 0 fully saturated rings. The third-order valence-corrected chi connectivity index (χ3v) is 1.77. The van der Waals surface area contributed by atoms with Crippen LogP contribution in [0.2, 0.25) is 0 Å². The van der Waals surface area contributed by atoms with Crippen LogP contribution in [0.5, 0.6) is 0 Å². The standard InChI is InChI=1S/C12H12O.Db/c1-11(7-5-6-10-13)12-8-3-2-4-9-12;/h2-10H,1H3;/b6-5+,11-7+;. The van der Waals surface area contributed by atoms with Crippen LogP contribution in [0.15, 0.2) is 48.6 Å². The van der Waals surface area contributed by atoms with E-state index in [0.29, 0.717) is 0 Å². The molecule has 68 valence electrons. The summed E-state index contributed by atoms with van der Waals surface area (Å²) in [5.41, 5.74) is 2.33. The van der Waals surface area contributed by atoms with E-state index >= 15 is 0 Å². The molecule has 1 aromatic carbocycles. The second-order valence-electron chi connectivity index (χ2n) is 2.74. The van der Waals surface area contributed by atoms with Crippen LogP contribution in [0.3, 0.4) is 0 Å². The first-order chi connectivity index (χ1) is 6.34. The summed E-state index contributed by atoms with van der Waals surface area (Å²) in [6.45, 7) is 2.02. The van der Waals surface area contributed by atoms with Gasteiger partial charge in [-0.25, -0.2) is 0 Å². The molecule has 0 aliphatic carbocycles. The van der Waals surface area contributed by atoms with Crippen molar-refractivity contribution in [1.29, 1.82) is 0 Å². The molecular formula is C12H12DbO. The van der Waals surface area contributed by atoms with Gasteiger partial charge in [-0.2, -0.15) is 0 Å². The van der Waals surface area contributed by atoms with Gasteiger partial charge in [0, 0.05) is 0 Å². The summed E-state index contributed by atoms with van der Waals surface area (Å²) in [6, 6.07) is 10.1. The van der Waals surface area contributed by atoms with E-state index < -0.39 is 0 Å². The Labute approximate surface area is 78.4 Å². The molecule has 0 saturated carbocycles. The Kier molecular flexibility index (Phi) is 4.83. The van der Waals surface area contributed by atoms with E-state index in [9.17, 15) is 4.79 Å². The van der Waals surface area contributed by atoms with Crippen LogP contribution in [-0.4, -0.2) is 6.29 Å². The number of carbonyl (C=O) groups is 1. The van der Waals surface area contributed by atoms with Gasteiger partial charge in [-0.3, -0.25) is 4.79 Å². The maximum absolute atomic E-state index is 10.0. The van der Waals surface area contributed by atoms with Gasteiger partial charge in [0.1, 0.15) is 6.29 Å². The molecular weight excluding hydrogens is 428 g/mol. The third-order valence-electron chi connectivity index (χ3n) is 1.77. The maximum Gasteiger partial charge on any atom is 0.142 e. The van der Waals surface area contributed by atoms with Gasteiger partial charge in [0.15, 0.2) is 0 Å². The molecule has 1 nitrogen and oxygen atoms in total. The number of allylic oxidation sites excluding steroid dienone is 4. The molecule has 0 aliphatic rings. The zero-order chi connectivity index (χ0) is 9.52. The van der Waals surface area contributed by atoms with Crippen LogP contribution < -0.4 is 0 Å². The van der Waals surface area contributed by atoms with Gasteiger partial charge >= 0.3 is 0 Å². The smallest absolute Gasteiger partial charge is 0.142 e. The van der Waals surface area contributed by atoms with E-state index in [4.69, 9.17) is 0 Å². The largest absolute Gasteiger partial charge is 0.299 e. The topological polar surface area (TPSA) is 17.1 Å². The molecule has 1 rings (SSSR count). The Morgan fingerprint density at radius 2 is 1.79 bits per heavy atom. The second-order valence-corrected chi connectivity index (χ2v) is 2.74. The van der Waals surface area contributed by atoms with Crippen molar-refractivity contribution >= 4 is 11.9 Å². The first-order valence-corrected chi connectivity index (χ1v) is 4.19. The summed E-state index contributed by atoms with van der Waals surface area (Å²) in [4.78, 5) is 10.0. The average molecular weight is 440 g/mol. The number of aldehydes is 1. The normalized spacial score (nSPS) is 11.1. The van der Waals surface area contributed by atoms with Crippen molar-refractivity contribution in [1.82, 2.24) is 0 Å². The Morgan fingerprint density at radius 3 is 2.36 bits per heavy atom. The first-order valence-electron chi connectivity index (χ1n) is 4.19. The van der Waals surface area contributed by atoms with Gasteiger partial charge in [-0.05, 0) is 24.1 Å². The van der Waals surface area contributed by atoms with E-state index in [-0.39, 0.29) is 0 Å². The number of hydrogen-bond donors (Lipinski definition) is 0. The van der Waals surface area contributed by atoms with Crippen LogP contribution in [0.25, 0.3) is 5.57 Å². The van der Waals surface area contributed by atoms with Gasteiger partial charge in [0.05, 0.1) is 0 Å². The number of carbonyl (C=O) groups excluding carboxylic acids is 1. The molecule has 2 heteroatoms. The number of rotatable bonds is 3. The van der Waals surface area contributed by atoms with Crippen molar-refractivity contribution in [3.8, 4) is 0 Å². The molecule has 0 heterocycles. The van der Waals surface area contributed by atoms with Crippen molar-refractivity contribution in [2.75, 3.05) is 0 Å². The summed E-state index contributed by atoms with van der Waals surface area (Å²) in [5.74, 6) is 0. The maximum atomic E-state index is 10.0. The molecule has 0 atom stereocenters. The molecule has 0 unspecified atom stereocenters. The summed E-state index contributed by atoms with van der Waals surface area (Å²) in [6.07, 6.45) is 5.92. The fourth-order valence-electron chi connectivity index (χ4n) is 1.04. The van der Waals surface area contributed by atoms with Crippen LogP contribution in [0.4, 0.5) is 0 Å². The fraction of sp³-hybridized carbons (Fsp3) is 0.0833. The van der Waals surface area contributed by atoms with E-state index in [1.54, 1.807) is 6.08 Å². The molecule has 1 aromatic rings. The average Bonchev–Trinajstić information content (AvgIpc) is 2.19. The molecule has 0 bridgehead atoms. The van der Waals surface area contributed by atoms with Gasteiger partial charge in [0.2, 0.25) is 0 Å². The molecule has 0 radical (unpaired) electrons. The fourth-order valence-corrected chi connectivity index (χ4v) is 1.04. The molecule has 0 saturated heterocycles. The van der Waals surface area contributed by atoms with Gasteiger partial charge < -0.3 is 0 Å². The monoisotopic (exact) mass is 440 g/mol. The molecule has 0 N–H and O–H groups in total. The molecule has 0 aliphatic heterocycles. The Morgan fingerprint density at radius 1 is 1.14 bits per heavy atom. The first kappa shape index (κ1) is 11.4. The van der Waals surface area contributed by atoms with Crippen molar-refractivity contribution < 1.29 is 4.79 Å². The SMILES string of the molecule is C/C(=C\C=C\C=O)c1ccccc1.[Db]. The van der Waals surface area contributed by atoms with Crippen molar-refractivity contribution in [3.63, 3.8) is 0 Å². The van der Waals surface area contributed by atoms with Crippen molar-refractivity contribution in [2.24, 2.45) is 0 Å². The molecule has 14 heavy (non-hydrogen) atoms. The zero-order valence-electron chi connectivity index (χ0n) is 8.31. The van der Waals surface area contributed by atoms with Crippen LogP contribution in [0.1, 0.15) is 12.5 Å². The Hall–Kier alpha value is -2.63. The Balaban J connectivity index is 0.00000169. The zero-order valence-corrected chi connectivity index (χ0v) is 14.7. The van der Waals surface area contributed by atoms with Gasteiger partial charge in [0.25, 0.3) is 0 Å².